The summed E-state index contributed by atoms with van der Waals surface area (Å²) in [5, 5.41) is 3.27. The van der Waals surface area contributed by atoms with Crippen molar-refractivity contribution in [3.8, 4) is 0 Å². The van der Waals surface area contributed by atoms with Crippen LogP contribution in [-0.4, -0.2) is 25.3 Å². The summed E-state index contributed by atoms with van der Waals surface area (Å²) in [6.45, 7) is 9.67. The van der Waals surface area contributed by atoms with Crippen LogP contribution in [-0.2, 0) is 4.74 Å². The van der Waals surface area contributed by atoms with E-state index >= 15 is 0 Å². The second-order valence-electron chi connectivity index (χ2n) is 2.84. The Morgan fingerprint density at radius 3 is 2.50 bits per heavy atom. The topological polar surface area (TPSA) is 21.3 Å². The van der Waals surface area contributed by atoms with Gasteiger partial charge in [0.1, 0.15) is 6.07 Å². The number of ether oxygens (including phenoxy) is 1. The molecule has 1 heterocycles. The summed E-state index contributed by atoms with van der Waals surface area (Å²) in [7, 11) is 0. The Balaban J connectivity index is 0.000000217. The van der Waals surface area contributed by atoms with Crippen LogP contribution >= 0.6 is 11.6 Å². The summed E-state index contributed by atoms with van der Waals surface area (Å²) in [4.78, 5) is 0. The molecular formula is C9H18ClNO. The maximum absolute atomic E-state index is 5.08. The van der Waals surface area contributed by atoms with E-state index < -0.39 is 0 Å². The van der Waals surface area contributed by atoms with Crippen molar-refractivity contribution in [3.63, 3.8) is 0 Å². The minimum atomic E-state index is 0.316. The first-order valence-corrected chi connectivity index (χ1v) is 4.77. The van der Waals surface area contributed by atoms with E-state index in [1.54, 1.807) is 0 Å². The number of nitrogens with one attached hydrogen (secondary N) is 1. The molecule has 0 aromatic rings. The highest BCUT2D eigenvalue weighted by Crippen LogP contribution is 2.07. The van der Waals surface area contributed by atoms with Crippen molar-refractivity contribution < 1.29 is 4.74 Å². The monoisotopic (exact) mass is 191 g/mol. The second kappa shape index (κ2) is 7.59. The molecule has 0 amide bonds. The molecule has 0 bridgehead atoms. The Hall–Kier alpha value is -0.0500. The highest BCUT2D eigenvalue weighted by Gasteiger charge is 2.09. The van der Waals surface area contributed by atoms with Crippen LogP contribution in [0.15, 0.2) is 12.2 Å². The van der Waals surface area contributed by atoms with E-state index in [2.05, 4.69) is 23.6 Å². The molecule has 1 N–H and O–H groups in total. The Kier molecular flexibility index (Phi) is 7.56. The molecule has 0 saturated carbocycles. The van der Waals surface area contributed by atoms with Gasteiger partial charge in [0.15, 0.2) is 0 Å². The number of alkyl halides is 1. The van der Waals surface area contributed by atoms with Crippen LogP contribution in [0.3, 0.4) is 0 Å². The molecule has 1 atom stereocenters. The van der Waals surface area contributed by atoms with E-state index in [-0.39, 0.29) is 0 Å². The van der Waals surface area contributed by atoms with E-state index in [9.17, 15) is 0 Å². The fourth-order valence-corrected chi connectivity index (χ4v) is 1.13. The molecule has 0 aromatic heterocycles. The standard InChI is InChI=1S/C6H11N.C3H7ClO/c1-5-3-6(2)7-4-5;1-2-5-3-4/h6-7H,1,3-4H2,2H3;2-3H2,1H3/t6-;/m1./s1. The van der Waals surface area contributed by atoms with Crippen LogP contribution in [0, 0.1) is 0 Å². The first kappa shape index (κ1) is 11.9. The van der Waals surface area contributed by atoms with Gasteiger partial charge < -0.3 is 10.1 Å². The molecule has 1 aliphatic rings. The summed E-state index contributed by atoms with van der Waals surface area (Å²) in [6.07, 6.45) is 1.17. The summed E-state index contributed by atoms with van der Waals surface area (Å²) < 4.78 is 4.60. The largest absolute Gasteiger partial charge is 0.366 e. The zero-order valence-electron chi connectivity index (χ0n) is 7.90. The lowest BCUT2D eigenvalue weighted by Crippen LogP contribution is -2.16. The number of hydrogen-bond acceptors (Lipinski definition) is 2. The van der Waals surface area contributed by atoms with Gasteiger partial charge in [0.25, 0.3) is 0 Å². The van der Waals surface area contributed by atoms with E-state index in [4.69, 9.17) is 11.6 Å². The smallest absolute Gasteiger partial charge is 0.120 e. The second-order valence-corrected chi connectivity index (χ2v) is 3.06. The molecular weight excluding hydrogens is 174 g/mol. The van der Waals surface area contributed by atoms with E-state index in [1.165, 1.54) is 12.0 Å². The van der Waals surface area contributed by atoms with E-state index in [1.807, 2.05) is 6.92 Å². The molecule has 0 aliphatic carbocycles. The zero-order chi connectivity index (χ0) is 9.40. The van der Waals surface area contributed by atoms with Gasteiger partial charge in [0, 0.05) is 19.2 Å². The third-order valence-electron chi connectivity index (χ3n) is 1.58. The maximum Gasteiger partial charge on any atom is 0.120 e. The molecule has 0 radical (unpaired) electrons. The fourth-order valence-electron chi connectivity index (χ4n) is 0.973. The molecule has 0 spiro atoms. The van der Waals surface area contributed by atoms with Crippen LogP contribution in [0.5, 0.6) is 0 Å². The van der Waals surface area contributed by atoms with Crippen molar-refractivity contribution in [2.75, 3.05) is 19.2 Å². The molecule has 2 nitrogen and oxygen atoms in total. The van der Waals surface area contributed by atoms with Crippen molar-refractivity contribution in [1.82, 2.24) is 5.32 Å². The van der Waals surface area contributed by atoms with Gasteiger partial charge in [-0.2, -0.15) is 0 Å². The van der Waals surface area contributed by atoms with Gasteiger partial charge in [-0.15, -0.1) is 0 Å². The summed E-state index contributed by atoms with van der Waals surface area (Å²) in [5.41, 5.74) is 1.34. The van der Waals surface area contributed by atoms with Crippen molar-refractivity contribution in [1.29, 1.82) is 0 Å². The summed E-state index contributed by atoms with van der Waals surface area (Å²) in [5.74, 6) is 0. The van der Waals surface area contributed by atoms with Crippen molar-refractivity contribution in [3.05, 3.63) is 12.2 Å². The molecule has 1 saturated heterocycles. The lowest BCUT2D eigenvalue weighted by molar-refractivity contribution is 0.195. The normalized spacial score (nSPS) is 21.9. The molecule has 0 unspecified atom stereocenters. The maximum atomic E-state index is 5.08. The average molecular weight is 192 g/mol. The van der Waals surface area contributed by atoms with E-state index in [0.717, 1.165) is 6.54 Å². The zero-order valence-corrected chi connectivity index (χ0v) is 8.66. The lowest BCUT2D eigenvalue weighted by Gasteiger charge is -1.94. The van der Waals surface area contributed by atoms with Crippen LogP contribution in [0.4, 0.5) is 0 Å². The molecule has 1 rings (SSSR count). The fraction of sp³-hybridized carbons (Fsp3) is 0.778. The lowest BCUT2D eigenvalue weighted by atomic mass is 10.2. The van der Waals surface area contributed by atoms with Crippen LogP contribution in [0.2, 0.25) is 0 Å². The first-order chi connectivity index (χ1) is 5.70. The first-order valence-electron chi connectivity index (χ1n) is 4.24. The summed E-state index contributed by atoms with van der Waals surface area (Å²) >= 11 is 5.08. The minimum absolute atomic E-state index is 0.316. The van der Waals surface area contributed by atoms with Gasteiger partial charge in [0.05, 0.1) is 0 Å². The van der Waals surface area contributed by atoms with Crippen LogP contribution < -0.4 is 5.32 Å². The molecule has 0 aromatic carbocycles. The Bertz CT molecular complexity index is 126. The molecule has 1 fully saturated rings. The highest BCUT2D eigenvalue weighted by molar-refractivity contribution is 6.17. The molecule has 3 heteroatoms. The number of halogens is 1. The SMILES string of the molecule is C=C1CN[C@H](C)C1.CCOCCl. The highest BCUT2D eigenvalue weighted by atomic mass is 35.5. The van der Waals surface area contributed by atoms with E-state index in [0.29, 0.717) is 18.7 Å². The Labute approximate surface area is 79.9 Å². The third kappa shape index (κ3) is 6.65. The Morgan fingerprint density at radius 1 is 1.75 bits per heavy atom. The van der Waals surface area contributed by atoms with Crippen molar-refractivity contribution in [2.24, 2.45) is 0 Å². The van der Waals surface area contributed by atoms with Crippen LogP contribution in [0.25, 0.3) is 0 Å². The van der Waals surface area contributed by atoms with Gasteiger partial charge in [-0.25, -0.2) is 0 Å². The minimum Gasteiger partial charge on any atom is -0.366 e. The van der Waals surface area contributed by atoms with Gasteiger partial charge in [0.2, 0.25) is 0 Å². The molecule has 12 heavy (non-hydrogen) atoms. The summed E-state index contributed by atoms with van der Waals surface area (Å²) in [6, 6.07) is 0.990. The van der Waals surface area contributed by atoms with Crippen LogP contribution in [0.1, 0.15) is 20.3 Å². The third-order valence-corrected chi connectivity index (χ3v) is 1.73. The van der Waals surface area contributed by atoms with Gasteiger partial charge in [-0.1, -0.05) is 23.8 Å². The Morgan fingerprint density at radius 2 is 2.42 bits per heavy atom. The molecule has 1 aliphatic heterocycles. The van der Waals surface area contributed by atoms with Gasteiger partial charge in [-0.05, 0) is 20.3 Å². The number of rotatable bonds is 2. The quantitative estimate of drug-likeness (QED) is 0.534. The van der Waals surface area contributed by atoms with Gasteiger partial charge in [-0.3, -0.25) is 0 Å². The van der Waals surface area contributed by atoms with Gasteiger partial charge >= 0.3 is 0 Å². The number of hydrogen-bond donors (Lipinski definition) is 1. The predicted molar refractivity (Wildman–Crippen MR) is 53.6 cm³/mol. The average Bonchev–Trinajstić information content (AvgIpc) is 2.38. The van der Waals surface area contributed by atoms with Crippen molar-refractivity contribution >= 4 is 11.6 Å². The molecule has 72 valence electrons. The predicted octanol–water partition coefficient (Wildman–Crippen LogP) is 2.14. The van der Waals surface area contributed by atoms with Crippen molar-refractivity contribution in [2.45, 2.75) is 26.3 Å².